The predicted octanol–water partition coefficient (Wildman–Crippen LogP) is 4.60. The van der Waals surface area contributed by atoms with Gasteiger partial charge in [0, 0.05) is 11.3 Å². The number of amides is 1. The van der Waals surface area contributed by atoms with Crippen LogP contribution in [0.4, 0.5) is 14.5 Å². The van der Waals surface area contributed by atoms with Gasteiger partial charge in [0.05, 0.1) is 4.47 Å². The first-order chi connectivity index (χ1) is 9.38. The summed E-state index contributed by atoms with van der Waals surface area (Å²) in [5.41, 5.74) is 1.83. The number of carbonyl (C=O) groups is 1. The maximum absolute atomic E-state index is 13.5. The zero-order valence-corrected chi connectivity index (χ0v) is 12.5. The van der Waals surface area contributed by atoms with Crippen LogP contribution >= 0.6 is 15.9 Å². The molecule has 2 nitrogen and oxygen atoms in total. The van der Waals surface area contributed by atoms with Crippen molar-refractivity contribution < 1.29 is 13.6 Å². The van der Waals surface area contributed by atoms with E-state index in [4.69, 9.17) is 0 Å². The summed E-state index contributed by atoms with van der Waals surface area (Å²) in [5, 5.41) is 2.62. The second kappa shape index (κ2) is 5.71. The highest BCUT2D eigenvalue weighted by Crippen LogP contribution is 2.24. The molecule has 0 atom stereocenters. The topological polar surface area (TPSA) is 29.1 Å². The molecule has 0 aliphatic heterocycles. The van der Waals surface area contributed by atoms with Gasteiger partial charge in [-0.1, -0.05) is 0 Å². The van der Waals surface area contributed by atoms with E-state index in [2.05, 4.69) is 21.2 Å². The fourth-order valence-electron chi connectivity index (χ4n) is 1.76. The molecule has 20 heavy (non-hydrogen) atoms. The lowest BCUT2D eigenvalue weighted by Gasteiger charge is -2.10. The van der Waals surface area contributed by atoms with Crippen molar-refractivity contribution in [3.63, 3.8) is 0 Å². The number of halogens is 3. The van der Waals surface area contributed by atoms with Gasteiger partial charge in [-0.2, -0.15) is 0 Å². The van der Waals surface area contributed by atoms with Crippen molar-refractivity contribution >= 4 is 27.5 Å². The maximum atomic E-state index is 13.5. The van der Waals surface area contributed by atoms with Crippen LogP contribution in [0.5, 0.6) is 0 Å². The molecule has 2 aromatic rings. The predicted molar refractivity (Wildman–Crippen MR) is 77.9 cm³/mol. The number of nitrogens with one attached hydrogen (secondary N) is 1. The summed E-state index contributed by atoms with van der Waals surface area (Å²) in [5.74, 6) is -1.23. The first-order valence-corrected chi connectivity index (χ1v) is 6.71. The SMILES string of the molecule is Cc1cc(C(=O)Nc2cc(F)c(Br)cc2C)ccc1F. The highest BCUT2D eigenvalue weighted by molar-refractivity contribution is 9.10. The molecular formula is C15H12BrF2NO. The molecule has 2 aromatic carbocycles. The van der Waals surface area contributed by atoms with Crippen molar-refractivity contribution in [1.29, 1.82) is 0 Å². The zero-order valence-electron chi connectivity index (χ0n) is 10.9. The molecule has 0 unspecified atom stereocenters. The fourth-order valence-corrected chi connectivity index (χ4v) is 2.22. The molecule has 0 radical (unpaired) electrons. The van der Waals surface area contributed by atoms with Gasteiger partial charge < -0.3 is 5.32 Å². The normalized spacial score (nSPS) is 10.4. The van der Waals surface area contributed by atoms with Crippen LogP contribution in [0, 0.1) is 25.5 Å². The van der Waals surface area contributed by atoms with Gasteiger partial charge in [-0.25, -0.2) is 8.78 Å². The summed E-state index contributed by atoms with van der Waals surface area (Å²) in [7, 11) is 0. The second-order valence-corrected chi connectivity index (χ2v) is 5.35. The van der Waals surface area contributed by atoms with Crippen molar-refractivity contribution in [2.75, 3.05) is 5.32 Å². The summed E-state index contributed by atoms with van der Waals surface area (Å²) < 4.78 is 27.0. The molecule has 1 amide bonds. The quantitative estimate of drug-likeness (QED) is 0.851. The van der Waals surface area contributed by atoms with Crippen LogP contribution in [0.15, 0.2) is 34.8 Å². The zero-order chi connectivity index (χ0) is 14.9. The molecule has 1 N–H and O–H groups in total. The third-order valence-electron chi connectivity index (χ3n) is 2.94. The van der Waals surface area contributed by atoms with Crippen molar-refractivity contribution in [3.8, 4) is 0 Å². The third-order valence-corrected chi connectivity index (χ3v) is 3.54. The summed E-state index contributed by atoms with van der Waals surface area (Å²) >= 11 is 3.08. The molecule has 0 aliphatic carbocycles. The Morgan fingerprint density at radius 1 is 1.05 bits per heavy atom. The smallest absolute Gasteiger partial charge is 0.255 e. The minimum absolute atomic E-state index is 0.326. The van der Waals surface area contributed by atoms with Crippen LogP contribution in [0.2, 0.25) is 0 Å². The highest BCUT2D eigenvalue weighted by atomic mass is 79.9. The standard InChI is InChI=1S/C15H12BrF2NO/c1-8-5-10(3-4-12(8)17)15(20)19-14-7-13(18)11(16)6-9(14)2/h3-7H,1-2H3,(H,19,20). The Balaban J connectivity index is 2.27. The molecular weight excluding hydrogens is 328 g/mol. The van der Waals surface area contributed by atoms with E-state index in [1.807, 2.05) is 0 Å². The summed E-state index contributed by atoms with van der Waals surface area (Å²) in [6.07, 6.45) is 0. The number of hydrogen-bond acceptors (Lipinski definition) is 1. The van der Waals surface area contributed by atoms with Crippen molar-refractivity contribution in [3.05, 3.63) is 63.1 Å². The Hall–Kier alpha value is -1.75. The van der Waals surface area contributed by atoms with Crippen LogP contribution in [0.3, 0.4) is 0 Å². The van der Waals surface area contributed by atoms with Crippen molar-refractivity contribution in [2.45, 2.75) is 13.8 Å². The fraction of sp³-hybridized carbons (Fsp3) is 0.133. The molecule has 0 aromatic heterocycles. The lowest BCUT2D eigenvalue weighted by molar-refractivity contribution is 0.102. The Labute approximate surface area is 123 Å². The van der Waals surface area contributed by atoms with Crippen LogP contribution < -0.4 is 5.32 Å². The van der Waals surface area contributed by atoms with Gasteiger partial charge >= 0.3 is 0 Å². The van der Waals surface area contributed by atoms with Crippen molar-refractivity contribution in [1.82, 2.24) is 0 Å². The van der Waals surface area contributed by atoms with Crippen LogP contribution in [0.25, 0.3) is 0 Å². The Kier molecular flexibility index (Phi) is 4.18. The van der Waals surface area contributed by atoms with Gasteiger partial charge in [-0.3, -0.25) is 4.79 Å². The van der Waals surface area contributed by atoms with E-state index < -0.39 is 11.7 Å². The first kappa shape index (κ1) is 14.7. The minimum atomic E-state index is -0.457. The molecule has 0 fully saturated rings. The van der Waals surface area contributed by atoms with Crippen LogP contribution in [0.1, 0.15) is 21.5 Å². The number of rotatable bonds is 2. The number of aryl methyl sites for hydroxylation is 2. The minimum Gasteiger partial charge on any atom is -0.322 e. The van der Waals surface area contributed by atoms with Crippen LogP contribution in [-0.4, -0.2) is 5.91 Å². The molecule has 0 saturated carbocycles. The monoisotopic (exact) mass is 339 g/mol. The lowest BCUT2D eigenvalue weighted by Crippen LogP contribution is -2.13. The number of benzene rings is 2. The Bertz CT molecular complexity index is 686. The van der Waals surface area contributed by atoms with E-state index in [9.17, 15) is 13.6 Å². The number of anilines is 1. The average Bonchev–Trinajstić information content (AvgIpc) is 2.39. The molecule has 0 bridgehead atoms. The summed E-state index contributed by atoms with van der Waals surface area (Å²) in [4.78, 5) is 12.1. The largest absolute Gasteiger partial charge is 0.322 e. The molecule has 104 valence electrons. The summed E-state index contributed by atoms with van der Waals surface area (Å²) in [6, 6.07) is 6.91. The number of carbonyl (C=O) groups excluding carboxylic acids is 1. The Morgan fingerprint density at radius 2 is 1.75 bits per heavy atom. The average molecular weight is 340 g/mol. The van der Waals surface area contributed by atoms with Gasteiger partial charge in [0.25, 0.3) is 5.91 Å². The molecule has 0 spiro atoms. The first-order valence-electron chi connectivity index (χ1n) is 5.91. The highest BCUT2D eigenvalue weighted by Gasteiger charge is 2.11. The molecule has 0 saturated heterocycles. The number of hydrogen-bond donors (Lipinski definition) is 1. The molecule has 0 heterocycles. The van der Waals surface area contributed by atoms with Gasteiger partial charge in [-0.05, 0) is 71.2 Å². The third kappa shape index (κ3) is 3.04. The van der Waals surface area contributed by atoms with Crippen LogP contribution in [-0.2, 0) is 0 Å². The Morgan fingerprint density at radius 3 is 2.40 bits per heavy atom. The van der Waals surface area contributed by atoms with Crippen molar-refractivity contribution in [2.24, 2.45) is 0 Å². The van der Waals surface area contributed by atoms with E-state index in [0.29, 0.717) is 21.3 Å². The van der Waals surface area contributed by atoms with E-state index in [1.54, 1.807) is 19.9 Å². The maximum Gasteiger partial charge on any atom is 0.255 e. The van der Waals surface area contributed by atoms with Gasteiger partial charge in [0.2, 0.25) is 0 Å². The van der Waals surface area contributed by atoms with E-state index in [-0.39, 0.29) is 5.82 Å². The van der Waals surface area contributed by atoms with E-state index >= 15 is 0 Å². The van der Waals surface area contributed by atoms with Gasteiger partial charge in [0.1, 0.15) is 11.6 Å². The van der Waals surface area contributed by atoms with E-state index in [0.717, 1.165) is 5.56 Å². The van der Waals surface area contributed by atoms with Gasteiger partial charge in [0.15, 0.2) is 0 Å². The lowest BCUT2D eigenvalue weighted by atomic mass is 10.1. The van der Waals surface area contributed by atoms with E-state index in [1.165, 1.54) is 24.3 Å². The summed E-state index contributed by atoms with van der Waals surface area (Å²) in [6.45, 7) is 3.34. The second-order valence-electron chi connectivity index (χ2n) is 4.50. The molecule has 2 rings (SSSR count). The van der Waals surface area contributed by atoms with Gasteiger partial charge in [-0.15, -0.1) is 0 Å². The molecule has 5 heteroatoms. The molecule has 0 aliphatic rings.